The second-order valence-corrected chi connectivity index (χ2v) is 5.45. The van der Waals surface area contributed by atoms with Crippen molar-refractivity contribution in [1.29, 1.82) is 0 Å². The summed E-state index contributed by atoms with van der Waals surface area (Å²) in [4.78, 5) is 10.4. The molecule has 0 bridgehead atoms. The van der Waals surface area contributed by atoms with Gasteiger partial charge in [0.15, 0.2) is 5.82 Å². The predicted octanol–water partition coefficient (Wildman–Crippen LogP) is 3.97. The third-order valence-corrected chi connectivity index (χ3v) is 4.04. The molecule has 5 heteroatoms. The number of hydrogen-bond acceptors (Lipinski definition) is 3. The number of nitrogens with one attached hydrogen (secondary N) is 1. The molecule has 19 heavy (non-hydrogen) atoms. The molecule has 1 aromatic carbocycles. The van der Waals surface area contributed by atoms with E-state index in [1.807, 2.05) is 0 Å². The molecule has 0 heterocycles. The first-order chi connectivity index (χ1) is 9.00. The van der Waals surface area contributed by atoms with Gasteiger partial charge in [0.05, 0.1) is 4.92 Å². The Morgan fingerprint density at radius 2 is 1.95 bits per heavy atom. The van der Waals surface area contributed by atoms with Crippen LogP contribution in [0.4, 0.5) is 15.8 Å². The van der Waals surface area contributed by atoms with Crippen LogP contribution in [-0.4, -0.2) is 11.0 Å². The third-order valence-electron chi connectivity index (χ3n) is 4.04. The van der Waals surface area contributed by atoms with Crippen LogP contribution in [-0.2, 0) is 0 Å². The second-order valence-electron chi connectivity index (χ2n) is 5.45. The summed E-state index contributed by atoms with van der Waals surface area (Å²) in [6.07, 6.45) is 3.31. The Morgan fingerprint density at radius 1 is 1.32 bits per heavy atom. The minimum atomic E-state index is -0.556. The van der Waals surface area contributed by atoms with E-state index in [0.717, 1.165) is 12.8 Å². The Hall–Kier alpha value is -1.65. The summed E-state index contributed by atoms with van der Waals surface area (Å²) in [5, 5.41) is 14.1. The van der Waals surface area contributed by atoms with E-state index < -0.39 is 10.7 Å². The number of nitro groups is 1. The van der Waals surface area contributed by atoms with Crippen LogP contribution in [0.5, 0.6) is 0 Å². The van der Waals surface area contributed by atoms with Gasteiger partial charge in [0.2, 0.25) is 0 Å². The normalized spacial score (nSPS) is 27.0. The minimum absolute atomic E-state index is 0.0260. The number of nitrogens with zero attached hydrogens (tertiary/aromatic N) is 1. The van der Waals surface area contributed by atoms with E-state index in [4.69, 9.17) is 0 Å². The smallest absolute Gasteiger partial charge is 0.295 e. The molecular formula is C14H19FN2O2. The van der Waals surface area contributed by atoms with Crippen molar-refractivity contribution in [3.63, 3.8) is 0 Å². The zero-order valence-corrected chi connectivity index (χ0v) is 11.2. The molecule has 4 nitrogen and oxygen atoms in total. The van der Waals surface area contributed by atoms with Crippen LogP contribution in [0.15, 0.2) is 18.2 Å². The topological polar surface area (TPSA) is 55.2 Å². The van der Waals surface area contributed by atoms with Gasteiger partial charge < -0.3 is 5.32 Å². The van der Waals surface area contributed by atoms with Crippen molar-refractivity contribution in [2.75, 3.05) is 5.32 Å². The average Bonchev–Trinajstić information content (AvgIpc) is 2.35. The summed E-state index contributed by atoms with van der Waals surface area (Å²) in [6.45, 7) is 4.22. The molecule has 1 aliphatic carbocycles. The first-order valence-corrected chi connectivity index (χ1v) is 6.70. The van der Waals surface area contributed by atoms with E-state index in [0.29, 0.717) is 11.8 Å². The molecule has 0 aromatic heterocycles. The molecule has 0 spiro atoms. The van der Waals surface area contributed by atoms with Crippen LogP contribution >= 0.6 is 0 Å². The van der Waals surface area contributed by atoms with Crippen LogP contribution in [0.25, 0.3) is 0 Å². The lowest BCUT2D eigenvalue weighted by atomic mass is 9.78. The van der Waals surface area contributed by atoms with Crippen molar-refractivity contribution in [1.82, 2.24) is 0 Å². The Labute approximate surface area is 112 Å². The number of rotatable bonds is 3. The standard InChI is InChI=1S/C14H19FN2O2/c1-9-5-3-6-10(2)13(9)16-14-11(15)7-4-8-12(14)17(18)19/h4,7-10,13,16H,3,5-6H2,1-2H3. The van der Waals surface area contributed by atoms with Gasteiger partial charge in [-0.3, -0.25) is 10.1 Å². The first-order valence-electron chi connectivity index (χ1n) is 6.70. The Bertz CT molecular complexity index is 469. The van der Waals surface area contributed by atoms with E-state index in [1.54, 1.807) is 0 Å². The molecule has 1 aliphatic rings. The molecule has 0 amide bonds. The molecule has 2 unspecified atom stereocenters. The Morgan fingerprint density at radius 3 is 2.53 bits per heavy atom. The number of halogens is 1. The lowest BCUT2D eigenvalue weighted by Gasteiger charge is -2.35. The molecule has 0 saturated heterocycles. The predicted molar refractivity (Wildman–Crippen MR) is 72.6 cm³/mol. The molecule has 2 rings (SSSR count). The highest BCUT2D eigenvalue weighted by atomic mass is 19.1. The molecular weight excluding hydrogens is 247 g/mol. The number of anilines is 1. The fourth-order valence-electron chi connectivity index (χ4n) is 2.94. The van der Waals surface area contributed by atoms with Crippen molar-refractivity contribution in [3.05, 3.63) is 34.1 Å². The van der Waals surface area contributed by atoms with Crippen molar-refractivity contribution in [2.24, 2.45) is 11.8 Å². The zero-order chi connectivity index (χ0) is 14.0. The summed E-state index contributed by atoms with van der Waals surface area (Å²) in [5.74, 6) is 0.227. The zero-order valence-electron chi connectivity index (χ0n) is 11.2. The summed E-state index contributed by atoms with van der Waals surface area (Å²) in [5.41, 5.74) is -0.164. The molecule has 0 radical (unpaired) electrons. The summed E-state index contributed by atoms with van der Waals surface area (Å²) in [6, 6.07) is 4.05. The van der Waals surface area contributed by atoms with E-state index in [-0.39, 0.29) is 17.4 Å². The number of benzene rings is 1. The van der Waals surface area contributed by atoms with Crippen LogP contribution in [0.2, 0.25) is 0 Å². The molecule has 104 valence electrons. The second kappa shape index (κ2) is 5.55. The maximum atomic E-state index is 13.9. The van der Waals surface area contributed by atoms with Crippen LogP contribution in [0.1, 0.15) is 33.1 Å². The number of para-hydroxylation sites is 1. The highest BCUT2D eigenvalue weighted by molar-refractivity contribution is 5.62. The van der Waals surface area contributed by atoms with Gasteiger partial charge in [-0.05, 0) is 30.7 Å². The van der Waals surface area contributed by atoms with E-state index in [1.165, 1.54) is 24.6 Å². The summed E-state index contributed by atoms with van der Waals surface area (Å²) < 4.78 is 13.9. The van der Waals surface area contributed by atoms with Gasteiger partial charge in [0.25, 0.3) is 5.69 Å². The van der Waals surface area contributed by atoms with Crippen LogP contribution in [0.3, 0.4) is 0 Å². The molecule has 1 fully saturated rings. The lowest BCUT2D eigenvalue weighted by molar-refractivity contribution is -0.384. The molecule has 1 aromatic rings. The third kappa shape index (κ3) is 2.85. The fraction of sp³-hybridized carbons (Fsp3) is 0.571. The quantitative estimate of drug-likeness (QED) is 0.665. The van der Waals surface area contributed by atoms with Gasteiger partial charge in [0, 0.05) is 12.1 Å². The average molecular weight is 266 g/mol. The maximum absolute atomic E-state index is 13.9. The van der Waals surface area contributed by atoms with E-state index >= 15 is 0 Å². The van der Waals surface area contributed by atoms with E-state index in [9.17, 15) is 14.5 Å². The lowest BCUT2D eigenvalue weighted by Crippen LogP contribution is -2.37. The monoisotopic (exact) mass is 266 g/mol. The Balaban J connectivity index is 2.29. The summed E-state index contributed by atoms with van der Waals surface area (Å²) in [7, 11) is 0. The van der Waals surface area contributed by atoms with Crippen molar-refractivity contribution >= 4 is 11.4 Å². The Kier molecular flexibility index (Phi) is 4.02. The van der Waals surface area contributed by atoms with Gasteiger partial charge in [-0.2, -0.15) is 0 Å². The van der Waals surface area contributed by atoms with Gasteiger partial charge in [-0.15, -0.1) is 0 Å². The highest BCUT2D eigenvalue weighted by Crippen LogP contribution is 2.35. The molecule has 0 aliphatic heterocycles. The van der Waals surface area contributed by atoms with E-state index in [2.05, 4.69) is 19.2 Å². The van der Waals surface area contributed by atoms with Crippen molar-refractivity contribution in [3.8, 4) is 0 Å². The van der Waals surface area contributed by atoms with Gasteiger partial charge in [0.1, 0.15) is 5.69 Å². The van der Waals surface area contributed by atoms with Gasteiger partial charge in [-0.25, -0.2) is 4.39 Å². The highest BCUT2D eigenvalue weighted by Gasteiger charge is 2.30. The molecule has 1 saturated carbocycles. The molecule has 1 N–H and O–H groups in total. The maximum Gasteiger partial charge on any atom is 0.295 e. The SMILES string of the molecule is CC1CCCC(C)C1Nc1c(F)cccc1[N+](=O)[O-]. The molecule has 2 atom stereocenters. The number of nitro benzene ring substituents is 1. The fourth-order valence-corrected chi connectivity index (χ4v) is 2.94. The summed E-state index contributed by atoms with van der Waals surface area (Å²) >= 11 is 0. The minimum Gasteiger partial charge on any atom is -0.374 e. The van der Waals surface area contributed by atoms with Crippen molar-refractivity contribution in [2.45, 2.75) is 39.2 Å². The largest absolute Gasteiger partial charge is 0.374 e. The number of hydrogen-bond donors (Lipinski definition) is 1. The van der Waals surface area contributed by atoms with Gasteiger partial charge in [-0.1, -0.05) is 26.3 Å². The van der Waals surface area contributed by atoms with Crippen molar-refractivity contribution < 1.29 is 9.31 Å². The van der Waals surface area contributed by atoms with Crippen LogP contribution in [0, 0.1) is 27.8 Å². The van der Waals surface area contributed by atoms with Crippen LogP contribution < -0.4 is 5.32 Å². The first kappa shape index (κ1) is 13.8. The van der Waals surface area contributed by atoms with Gasteiger partial charge >= 0.3 is 0 Å².